The molecule has 1 fully saturated rings. The Morgan fingerprint density at radius 3 is 3.00 bits per heavy atom. The molecule has 0 aliphatic carbocycles. The topological polar surface area (TPSA) is 74.8 Å². The third kappa shape index (κ3) is 1.83. The van der Waals surface area contributed by atoms with Crippen LogP contribution in [0.1, 0.15) is 5.56 Å². The number of thioether (sulfide) groups is 1. The van der Waals surface area contributed by atoms with Gasteiger partial charge in [-0.25, -0.2) is 4.98 Å². The Labute approximate surface area is 100 Å². The average Bonchev–Trinajstić information content (AvgIpc) is 2.85. The molecule has 6 heteroatoms. The zero-order valence-electron chi connectivity index (χ0n) is 8.56. The van der Waals surface area contributed by atoms with Gasteiger partial charge in [-0.2, -0.15) is 0 Å². The summed E-state index contributed by atoms with van der Waals surface area (Å²) in [6, 6.07) is 3.81. The molecule has 2 amide bonds. The first-order valence-electron chi connectivity index (χ1n) is 4.90. The fourth-order valence-corrected chi connectivity index (χ4v) is 2.29. The molecular weight excluding hydrogens is 238 g/mol. The van der Waals surface area contributed by atoms with Crippen LogP contribution in [0.3, 0.4) is 0 Å². The van der Waals surface area contributed by atoms with Gasteiger partial charge in [0.2, 0.25) is 0 Å². The van der Waals surface area contributed by atoms with Gasteiger partial charge in [-0.05, 0) is 35.5 Å². The van der Waals surface area contributed by atoms with Crippen molar-refractivity contribution in [1.29, 1.82) is 0 Å². The SMILES string of the molecule is O=C1NC(=O)/C(=C/c2cnc3[nH]ccc3c2)S1. The van der Waals surface area contributed by atoms with Crippen molar-refractivity contribution in [3.63, 3.8) is 0 Å². The van der Waals surface area contributed by atoms with Crippen molar-refractivity contribution in [2.45, 2.75) is 0 Å². The second-order valence-corrected chi connectivity index (χ2v) is 4.55. The van der Waals surface area contributed by atoms with Crippen molar-refractivity contribution in [3.05, 3.63) is 35.0 Å². The standard InChI is InChI=1S/C11H7N3O2S/c15-10-8(17-11(16)14-10)4-6-3-7-1-2-12-9(7)13-5-6/h1-5H,(H,12,13)(H,14,15,16)/b8-4-. The fourth-order valence-electron chi connectivity index (χ4n) is 1.61. The van der Waals surface area contributed by atoms with Gasteiger partial charge in [0.05, 0.1) is 4.91 Å². The monoisotopic (exact) mass is 245 g/mol. The highest BCUT2D eigenvalue weighted by molar-refractivity contribution is 8.18. The Balaban J connectivity index is 2.01. The van der Waals surface area contributed by atoms with E-state index in [-0.39, 0.29) is 11.1 Å². The molecule has 1 aliphatic rings. The average molecular weight is 245 g/mol. The number of pyridine rings is 1. The number of imide groups is 1. The van der Waals surface area contributed by atoms with Crippen molar-refractivity contribution in [1.82, 2.24) is 15.3 Å². The van der Waals surface area contributed by atoms with Crippen molar-refractivity contribution in [2.75, 3.05) is 0 Å². The minimum absolute atomic E-state index is 0.336. The smallest absolute Gasteiger partial charge is 0.290 e. The Morgan fingerprint density at radius 1 is 1.35 bits per heavy atom. The molecule has 5 nitrogen and oxygen atoms in total. The number of hydrogen-bond donors (Lipinski definition) is 2. The van der Waals surface area contributed by atoms with Gasteiger partial charge in [-0.3, -0.25) is 14.9 Å². The van der Waals surface area contributed by atoms with Crippen LogP contribution in [-0.4, -0.2) is 21.1 Å². The van der Waals surface area contributed by atoms with Crippen molar-refractivity contribution in [3.8, 4) is 0 Å². The van der Waals surface area contributed by atoms with Gasteiger partial charge in [0.1, 0.15) is 5.65 Å². The maximum Gasteiger partial charge on any atom is 0.290 e. The number of aromatic amines is 1. The van der Waals surface area contributed by atoms with Crippen molar-refractivity contribution >= 4 is 40.0 Å². The molecule has 3 rings (SSSR count). The molecule has 1 saturated heterocycles. The fraction of sp³-hybridized carbons (Fsp3) is 0. The predicted octanol–water partition coefficient (Wildman–Crippen LogP) is 1.89. The summed E-state index contributed by atoms with van der Waals surface area (Å²) in [5, 5.41) is 2.84. The minimum atomic E-state index is -0.353. The van der Waals surface area contributed by atoms with Gasteiger partial charge in [0.25, 0.3) is 11.1 Å². The lowest BCUT2D eigenvalue weighted by atomic mass is 10.2. The molecule has 2 N–H and O–H groups in total. The van der Waals surface area contributed by atoms with E-state index in [0.29, 0.717) is 4.91 Å². The lowest BCUT2D eigenvalue weighted by Crippen LogP contribution is -2.17. The highest BCUT2D eigenvalue weighted by Gasteiger charge is 2.24. The van der Waals surface area contributed by atoms with Gasteiger partial charge in [0.15, 0.2) is 0 Å². The number of aromatic nitrogens is 2. The zero-order valence-corrected chi connectivity index (χ0v) is 9.38. The number of H-pyrrole nitrogens is 1. The van der Waals surface area contributed by atoms with E-state index in [2.05, 4.69) is 15.3 Å². The molecule has 2 aromatic heterocycles. The maximum absolute atomic E-state index is 11.4. The van der Waals surface area contributed by atoms with E-state index in [9.17, 15) is 9.59 Å². The first-order valence-corrected chi connectivity index (χ1v) is 5.72. The van der Waals surface area contributed by atoms with E-state index < -0.39 is 0 Å². The van der Waals surface area contributed by atoms with Crippen LogP contribution in [0, 0.1) is 0 Å². The molecule has 0 radical (unpaired) electrons. The van der Waals surface area contributed by atoms with Crippen LogP contribution in [0.5, 0.6) is 0 Å². The van der Waals surface area contributed by atoms with E-state index >= 15 is 0 Å². The third-order valence-electron chi connectivity index (χ3n) is 2.36. The molecular formula is C11H7N3O2S. The quantitative estimate of drug-likeness (QED) is 0.752. The number of hydrogen-bond acceptors (Lipinski definition) is 4. The second kappa shape index (κ2) is 3.74. The first-order chi connectivity index (χ1) is 8.22. The molecule has 2 aromatic rings. The molecule has 0 saturated carbocycles. The van der Waals surface area contributed by atoms with Gasteiger partial charge in [-0.15, -0.1) is 0 Å². The predicted molar refractivity (Wildman–Crippen MR) is 65.2 cm³/mol. The Bertz CT molecular complexity index is 660. The molecule has 84 valence electrons. The number of nitrogens with zero attached hydrogens (tertiary/aromatic N) is 1. The summed E-state index contributed by atoms with van der Waals surface area (Å²) in [5.41, 5.74) is 1.59. The summed E-state index contributed by atoms with van der Waals surface area (Å²) in [5.74, 6) is -0.353. The highest BCUT2D eigenvalue weighted by atomic mass is 32.2. The molecule has 0 bridgehead atoms. The molecule has 1 aliphatic heterocycles. The number of fused-ring (bicyclic) bond motifs is 1. The number of nitrogens with one attached hydrogen (secondary N) is 2. The van der Waals surface area contributed by atoms with E-state index in [1.54, 1.807) is 18.5 Å². The second-order valence-electron chi connectivity index (χ2n) is 3.54. The molecule has 0 aromatic carbocycles. The lowest BCUT2D eigenvalue weighted by Gasteiger charge is -1.95. The van der Waals surface area contributed by atoms with Crippen LogP contribution >= 0.6 is 11.8 Å². The van der Waals surface area contributed by atoms with Crippen LogP contribution in [-0.2, 0) is 4.79 Å². The summed E-state index contributed by atoms with van der Waals surface area (Å²) in [4.78, 5) is 29.9. The summed E-state index contributed by atoms with van der Waals surface area (Å²) in [7, 11) is 0. The third-order valence-corrected chi connectivity index (χ3v) is 3.17. The Kier molecular flexibility index (Phi) is 2.22. The van der Waals surface area contributed by atoms with E-state index in [0.717, 1.165) is 28.4 Å². The molecule has 0 spiro atoms. The van der Waals surface area contributed by atoms with Crippen molar-refractivity contribution < 1.29 is 9.59 Å². The summed E-state index contributed by atoms with van der Waals surface area (Å²) < 4.78 is 0. The Morgan fingerprint density at radius 2 is 2.24 bits per heavy atom. The van der Waals surface area contributed by atoms with E-state index in [1.807, 2.05) is 12.1 Å². The number of rotatable bonds is 1. The summed E-state index contributed by atoms with van der Waals surface area (Å²) in [6.45, 7) is 0. The largest absolute Gasteiger partial charge is 0.346 e. The molecule has 17 heavy (non-hydrogen) atoms. The zero-order chi connectivity index (χ0) is 11.8. The van der Waals surface area contributed by atoms with Gasteiger partial charge in [0, 0.05) is 17.8 Å². The molecule has 0 unspecified atom stereocenters. The van der Waals surface area contributed by atoms with E-state index in [1.165, 1.54) is 0 Å². The molecule has 0 atom stereocenters. The van der Waals surface area contributed by atoms with Crippen LogP contribution < -0.4 is 5.32 Å². The highest BCUT2D eigenvalue weighted by Crippen LogP contribution is 2.25. The number of carbonyl (C=O) groups excluding carboxylic acids is 2. The van der Waals surface area contributed by atoms with Crippen LogP contribution in [0.25, 0.3) is 17.1 Å². The Hall–Kier alpha value is -2.08. The van der Waals surface area contributed by atoms with Gasteiger partial charge >= 0.3 is 0 Å². The normalized spacial score (nSPS) is 18.0. The molecule has 3 heterocycles. The van der Waals surface area contributed by atoms with Crippen LogP contribution in [0.2, 0.25) is 0 Å². The van der Waals surface area contributed by atoms with Crippen molar-refractivity contribution in [2.24, 2.45) is 0 Å². The van der Waals surface area contributed by atoms with Crippen LogP contribution in [0.15, 0.2) is 29.4 Å². The first kappa shape index (κ1) is 10.1. The number of amides is 2. The van der Waals surface area contributed by atoms with Gasteiger partial charge < -0.3 is 4.98 Å². The minimum Gasteiger partial charge on any atom is -0.346 e. The summed E-state index contributed by atoms with van der Waals surface area (Å²) in [6.07, 6.45) is 5.11. The van der Waals surface area contributed by atoms with Crippen LogP contribution in [0.4, 0.5) is 4.79 Å². The summed E-state index contributed by atoms with van der Waals surface area (Å²) >= 11 is 0.902. The lowest BCUT2D eigenvalue weighted by molar-refractivity contribution is -0.115. The van der Waals surface area contributed by atoms with Gasteiger partial charge in [-0.1, -0.05) is 0 Å². The maximum atomic E-state index is 11.4. The number of carbonyl (C=O) groups is 2. The van der Waals surface area contributed by atoms with E-state index in [4.69, 9.17) is 0 Å².